The molecule has 2 aromatic heterocycles. The summed E-state index contributed by atoms with van der Waals surface area (Å²) in [6.45, 7) is 1.73. The molecule has 0 bridgehead atoms. The van der Waals surface area contributed by atoms with Crippen LogP contribution in [0.2, 0.25) is 0 Å². The molecule has 1 aliphatic heterocycles. The van der Waals surface area contributed by atoms with Crippen molar-refractivity contribution in [3.8, 4) is 5.88 Å². The predicted octanol–water partition coefficient (Wildman–Crippen LogP) is 1.30. The number of hydrogen-bond donors (Lipinski definition) is 1. The van der Waals surface area contributed by atoms with E-state index in [1.54, 1.807) is 29.4 Å². The molecule has 140 valence electrons. The van der Waals surface area contributed by atoms with Crippen molar-refractivity contribution in [3.05, 3.63) is 48.2 Å². The average Bonchev–Trinajstić information content (AvgIpc) is 3.43. The summed E-state index contributed by atoms with van der Waals surface area (Å²) in [5, 5.41) is 2.92. The number of hydrogen-bond acceptors (Lipinski definition) is 6. The van der Waals surface area contributed by atoms with Gasteiger partial charge >= 0.3 is 0 Å². The zero-order chi connectivity index (χ0) is 18.6. The first-order chi connectivity index (χ1) is 13.2. The molecular weight excluding hydrogens is 346 g/mol. The normalized spacial score (nSPS) is 19.0. The number of carbonyl (C=O) groups is 2. The summed E-state index contributed by atoms with van der Waals surface area (Å²) < 4.78 is 5.53. The molecular formula is C19H21N5O3. The molecule has 0 spiro atoms. The molecule has 2 aromatic rings. The molecule has 1 atom stereocenters. The van der Waals surface area contributed by atoms with Gasteiger partial charge in [-0.25, -0.2) is 9.97 Å². The zero-order valence-electron chi connectivity index (χ0n) is 14.9. The lowest BCUT2D eigenvalue weighted by Gasteiger charge is -2.17. The summed E-state index contributed by atoms with van der Waals surface area (Å²) in [7, 11) is 0. The lowest BCUT2D eigenvalue weighted by atomic mass is 10.2. The van der Waals surface area contributed by atoms with Crippen LogP contribution in [0.5, 0.6) is 5.88 Å². The van der Waals surface area contributed by atoms with Gasteiger partial charge in [0.1, 0.15) is 5.69 Å². The molecule has 1 unspecified atom stereocenters. The van der Waals surface area contributed by atoms with Gasteiger partial charge in [-0.2, -0.15) is 0 Å². The number of rotatable bonds is 6. The molecule has 1 N–H and O–H groups in total. The number of carbonyl (C=O) groups excluding carboxylic acids is 2. The van der Waals surface area contributed by atoms with E-state index in [0.717, 1.165) is 0 Å². The third-order valence-corrected chi connectivity index (χ3v) is 4.76. The fraction of sp³-hybridized carbons (Fsp3) is 0.421. The van der Waals surface area contributed by atoms with Gasteiger partial charge in [-0.1, -0.05) is 0 Å². The Morgan fingerprint density at radius 2 is 1.96 bits per heavy atom. The van der Waals surface area contributed by atoms with Crippen molar-refractivity contribution in [2.45, 2.75) is 25.3 Å². The number of pyridine rings is 1. The maximum absolute atomic E-state index is 12.4. The third-order valence-electron chi connectivity index (χ3n) is 4.76. The van der Waals surface area contributed by atoms with Crippen molar-refractivity contribution in [1.82, 2.24) is 25.2 Å². The van der Waals surface area contributed by atoms with Crippen LogP contribution in [0.25, 0.3) is 0 Å². The van der Waals surface area contributed by atoms with Gasteiger partial charge in [-0.3, -0.25) is 14.6 Å². The molecule has 2 fully saturated rings. The molecule has 2 amide bonds. The highest BCUT2D eigenvalue weighted by Crippen LogP contribution is 2.29. The van der Waals surface area contributed by atoms with E-state index in [0.29, 0.717) is 43.5 Å². The van der Waals surface area contributed by atoms with Gasteiger partial charge in [0.2, 0.25) is 5.88 Å². The number of nitrogens with one attached hydrogen (secondary N) is 1. The zero-order valence-corrected chi connectivity index (χ0v) is 14.9. The largest absolute Gasteiger partial charge is 0.476 e. The van der Waals surface area contributed by atoms with Crippen LogP contribution in [-0.2, 0) is 0 Å². The molecule has 8 nitrogen and oxygen atoms in total. The van der Waals surface area contributed by atoms with Crippen LogP contribution in [0.3, 0.4) is 0 Å². The SMILES string of the molecule is O=C(NC1CCN(C(=O)c2ccncc2)C1)c1cnc(OCC2CC2)cn1. The highest BCUT2D eigenvalue weighted by molar-refractivity contribution is 5.95. The summed E-state index contributed by atoms with van der Waals surface area (Å²) in [6.07, 6.45) is 9.21. The van der Waals surface area contributed by atoms with Gasteiger partial charge in [0, 0.05) is 37.1 Å². The minimum absolute atomic E-state index is 0.0499. The monoisotopic (exact) mass is 367 g/mol. The molecule has 4 rings (SSSR count). The fourth-order valence-corrected chi connectivity index (χ4v) is 2.99. The van der Waals surface area contributed by atoms with Gasteiger partial charge in [0.25, 0.3) is 11.8 Å². The first kappa shape index (κ1) is 17.4. The van der Waals surface area contributed by atoms with Crippen molar-refractivity contribution in [2.75, 3.05) is 19.7 Å². The number of nitrogens with zero attached hydrogens (tertiary/aromatic N) is 4. The Kier molecular flexibility index (Phi) is 4.95. The van der Waals surface area contributed by atoms with Crippen molar-refractivity contribution in [1.29, 1.82) is 0 Å². The van der Waals surface area contributed by atoms with E-state index in [2.05, 4.69) is 20.3 Å². The highest BCUT2D eigenvalue weighted by Gasteiger charge is 2.28. The van der Waals surface area contributed by atoms with Crippen molar-refractivity contribution >= 4 is 11.8 Å². The minimum atomic E-state index is -0.292. The van der Waals surface area contributed by atoms with E-state index in [1.165, 1.54) is 25.2 Å². The van der Waals surface area contributed by atoms with Crippen LogP contribution in [0.15, 0.2) is 36.9 Å². The minimum Gasteiger partial charge on any atom is -0.476 e. The van der Waals surface area contributed by atoms with Gasteiger partial charge in [-0.05, 0) is 37.3 Å². The molecule has 1 saturated heterocycles. The Labute approximate surface area is 157 Å². The second kappa shape index (κ2) is 7.69. The van der Waals surface area contributed by atoms with Crippen LogP contribution in [0, 0.1) is 5.92 Å². The van der Waals surface area contributed by atoms with E-state index in [1.807, 2.05) is 0 Å². The standard InChI is InChI=1S/C19H21N5O3/c25-18(16-9-22-17(10-21-16)27-12-13-1-2-13)23-15-5-8-24(11-15)19(26)14-3-6-20-7-4-14/h3-4,6-7,9-10,13,15H,1-2,5,8,11-12H2,(H,23,25). The van der Waals surface area contributed by atoms with Crippen molar-refractivity contribution in [3.63, 3.8) is 0 Å². The molecule has 27 heavy (non-hydrogen) atoms. The third kappa shape index (κ3) is 4.39. The maximum atomic E-state index is 12.4. The summed E-state index contributed by atoms with van der Waals surface area (Å²) in [6, 6.07) is 3.28. The van der Waals surface area contributed by atoms with Gasteiger partial charge < -0.3 is 15.0 Å². The average molecular weight is 367 g/mol. The Balaban J connectivity index is 1.29. The molecule has 1 aliphatic carbocycles. The molecule has 0 radical (unpaired) electrons. The number of likely N-dealkylation sites (tertiary alicyclic amines) is 1. The van der Waals surface area contributed by atoms with Crippen molar-refractivity contribution in [2.24, 2.45) is 5.92 Å². The quantitative estimate of drug-likeness (QED) is 0.827. The Morgan fingerprint density at radius 1 is 1.15 bits per heavy atom. The van der Waals surface area contributed by atoms with E-state index >= 15 is 0 Å². The smallest absolute Gasteiger partial charge is 0.271 e. The lowest BCUT2D eigenvalue weighted by molar-refractivity contribution is 0.0782. The summed E-state index contributed by atoms with van der Waals surface area (Å²) in [4.78, 5) is 38.8. The van der Waals surface area contributed by atoms with Crippen LogP contribution >= 0.6 is 0 Å². The second-order valence-corrected chi connectivity index (χ2v) is 6.94. The molecule has 8 heteroatoms. The molecule has 1 saturated carbocycles. The first-order valence-electron chi connectivity index (χ1n) is 9.14. The Bertz CT molecular complexity index is 808. The number of amides is 2. The highest BCUT2D eigenvalue weighted by atomic mass is 16.5. The second-order valence-electron chi connectivity index (χ2n) is 6.94. The number of ether oxygens (including phenoxy) is 1. The van der Waals surface area contributed by atoms with E-state index in [4.69, 9.17) is 4.74 Å². The van der Waals surface area contributed by atoms with E-state index < -0.39 is 0 Å². The predicted molar refractivity (Wildman–Crippen MR) is 96.3 cm³/mol. The summed E-state index contributed by atoms with van der Waals surface area (Å²) >= 11 is 0. The number of aromatic nitrogens is 3. The fourth-order valence-electron chi connectivity index (χ4n) is 2.99. The van der Waals surface area contributed by atoms with Crippen molar-refractivity contribution < 1.29 is 14.3 Å². The lowest BCUT2D eigenvalue weighted by Crippen LogP contribution is -2.38. The van der Waals surface area contributed by atoms with Crippen LogP contribution < -0.4 is 10.1 Å². The van der Waals surface area contributed by atoms with Crippen LogP contribution in [0.4, 0.5) is 0 Å². The molecule has 0 aromatic carbocycles. The van der Waals surface area contributed by atoms with E-state index in [9.17, 15) is 9.59 Å². The van der Waals surface area contributed by atoms with Gasteiger partial charge in [0.15, 0.2) is 0 Å². The topological polar surface area (TPSA) is 97.3 Å². The van der Waals surface area contributed by atoms with Gasteiger partial charge in [-0.15, -0.1) is 0 Å². The van der Waals surface area contributed by atoms with Gasteiger partial charge in [0.05, 0.1) is 19.0 Å². The van der Waals surface area contributed by atoms with E-state index in [-0.39, 0.29) is 23.6 Å². The first-order valence-corrected chi connectivity index (χ1v) is 9.14. The summed E-state index contributed by atoms with van der Waals surface area (Å²) in [5.41, 5.74) is 0.845. The van der Waals surface area contributed by atoms with Crippen LogP contribution in [0.1, 0.15) is 40.1 Å². The maximum Gasteiger partial charge on any atom is 0.271 e. The Hall–Kier alpha value is -3.03. The van der Waals surface area contributed by atoms with Crippen LogP contribution in [-0.4, -0.2) is 57.4 Å². The molecule has 2 aliphatic rings. The Morgan fingerprint density at radius 3 is 2.67 bits per heavy atom. The molecule has 3 heterocycles. The summed E-state index contributed by atoms with van der Waals surface area (Å²) in [5.74, 6) is 0.731.